The molecule has 5 nitrogen and oxygen atoms in total. The second-order valence-corrected chi connectivity index (χ2v) is 6.52. The van der Waals surface area contributed by atoms with Crippen molar-refractivity contribution in [3.05, 3.63) is 38.7 Å². The van der Waals surface area contributed by atoms with Gasteiger partial charge in [-0.2, -0.15) is 0 Å². The molecular formula is C14H19BrN4OS. The summed E-state index contributed by atoms with van der Waals surface area (Å²) in [6.45, 7) is 6.52. The van der Waals surface area contributed by atoms with Gasteiger partial charge in [0.2, 0.25) is 0 Å². The Balaban J connectivity index is 2.30. The minimum atomic E-state index is -0.150. The van der Waals surface area contributed by atoms with Crippen LogP contribution in [0.4, 0.5) is 0 Å². The van der Waals surface area contributed by atoms with Gasteiger partial charge >= 0.3 is 5.69 Å². The molecule has 0 aliphatic heterocycles. The van der Waals surface area contributed by atoms with Crippen LogP contribution in [0.3, 0.4) is 0 Å². The number of benzene rings is 1. The number of hydrogen-bond donors (Lipinski definition) is 2. The maximum atomic E-state index is 11.8. The summed E-state index contributed by atoms with van der Waals surface area (Å²) in [4.78, 5) is 12.9. The Kier molecular flexibility index (Phi) is 6.08. The van der Waals surface area contributed by atoms with Gasteiger partial charge in [-0.3, -0.25) is 4.57 Å². The van der Waals surface area contributed by atoms with Crippen molar-refractivity contribution in [2.45, 2.75) is 43.4 Å². The molecule has 0 saturated carbocycles. The lowest BCUT2D eigenvalue weighted by atomic mass is 10.2. The van der Waals surface area contributed by atoms with E-state index in [0.717, 1.165) is 28.9 Å². The molecule has 0 saturated heterocycles. The zero-order chi connectivity index (χ0) is 15.2. The van der Waals surface area contributed by atoms with E-state index in [4.69, 9.17) is 0 Å². The molecule has 0 aliphatic carbocycles. The third-order valence-corrected chi connectivity index (χ3v) is 4.55. The summed E-state index contributed by atoms with van der Waals surface area (Å²) in [5.41, 5.74) is 1.05. The molecule has 0 fully saturated rings. The molecule has 0 bridgehead atoms. The summed E-state index contributed by atoms with van der Waals surface area (Å²) in [6, 6.07) is 6.18. The second-order valence-electron chi connectivity index (χ2n) is 4.60. The van der Waals surface area contributed by atoms with E-state index >= 15 is 0 Å². The van der Waals surface area contributed by atoms with Crippen LogP contribution in [0.2, 0.25) is 0 Å². The van der Waals surface area contributed by atoms with Crippen LogP contribution < -0.4 is 11.0 Å². The van der Waals surface area contributed by atoms with Crippen molar-refractivity contribution in [2.75, 3.05) is 6.54 Å². The summed E-state index contributed by atoms with van der Waals surface area (Å²) in [7, 11) is 0. The summed E-state index contributed by atoms with van der Waals surface area (Å²) < 4.78 is 2.70. The van der Waals surface area contributed by atoms with Crippen LogP contribution in [0.1, 0.15) is 25.8 Å². The van der Waals surface area contributed by atoms with Crippen LogP contribution in [0, 0.1) is 0 Å². The third-order valence-electron chi connectivity index (χ3n) is 2.97. The lowest BCUT2D eigenvalue weighted by molar-refractivity contribution is 0.603. The molecule has 0 atom stereocenters. The van der Waals surface area contributed by atoms with Crippen LogP contribution in [-0.4, -0.2) is 21.3 Å². The van der Waals surface area contributed by atoms with E-state index in [-0.39, 0.29) is 5.69 Å². The van der Waals surface area contributed by atoms with Crippen LogP contribution in [0.15, 0.2) is 37.5 Å². The maximum absolute atomic E-state index is 11.8. The van der Waals surface area contributed by atoms with Gasteiger partial charge in [0.15, 0.2) is 5.16 Å². The van der Waals surface area contributed by atoms with Crippen molar-refractivity contribution in [1.82, 2.24) is 20.1 Å². The normalized spacial score (nSPS) is 11.0. The van der Waals surface area contributed by atoms with Crippen LogP contribution in [-0.2, 0) is 13.1 Å². The molecule has 21 heavy (non-hydrogen) atoms. The van der Waals surface area contributed by atoms with E-state index in [1.54, 1.807) is 4.57 Å². The van der Waals surface area contributed by atoms with E-state index in [1.165, 1.54) is 17.3 Å². The Morgan fingerprint density at radius 3 is 2.95 bits per heavy atom. The molecule has 2 N–H and O–H groups in total. The Morgan fingerprint density at radius 2 is 2.24 bits per heavy atom. The molecule has 2 aromatic rings. The van der Waals surface area contributed by atoms with Crippen LogP contribution in [0.5, 0.6) is 0 Å². The molecule has 1 aromatic heterocycles. The molecule has 2 rings (SSSR count). The summed E-state index contributed by atoms with van der Waals surface area (Å²) in [5.74, 6) is 0. The van der Waals surface area contributed by atoms with Crippen LogP contribution in [0.25, 0.3) is 0 Å². The molecule has 114 valence electrons. The average Bonchev–Trinajstić information content (AvgIpc) is 2.80. The first-order valence-electron chi connectivity index (χ1n) is 6.97. The Labute approximate surface area is 136 Å². The first-order chi connectivity index (χ1) is 10.2. The number of aromatic nitrogens is 3. The quantitative estimate of drug-likeness (QED) is 0.786. The van der Waals surface area contributed by atoms with E-state index in [1.807, 2.05) is 13.0 Å². The fourth-order valence-corrected chi connectivity index (χ4v) is 3.47. The highest BCUT2D eigenvalue weighted by Gasteiger charge is 2.12. The van der Waals surface area contributed by atoms with E-state index in [2.05, 4.69) is 50.5 Å². The molecule has 7 heteroatoms. The van der Waals surface area contributed by atoms with Gasteiger partial charge in [0, 0.05) is 22.5 Å². The highest BCUT2D eigenvalue weighted by molar-refractivity contribution is 9.10. The number of nitrogens with zero attached hydrogens (tertiary/aromatic N) is 2. The standard InChI is InChI=1S/C14H19BrN4OS/c1-3-7-19-13(20)17-18-14(19)21-12-8-11(15)6-5-10(12)9-16-4-2/h5-6,8,16H,3-4,7,9H2,1-2H3,(H,17,20). The monoisotopic (exact) mass is 370 g/mol. The summed E-state index contributed by atoms with van der Waals surface area (Å²) in [6.07, 6.45) is 0.899. The van der Waals surface area contributed by atoms with Gasteiger partial charge < -0.3 is 5.32 Å². The molecule has 1 heterocycles. The fraction of sp³-hybridized carbons (Fsp3) is 0.429. The lowest BCUT2D eigenvalue weighted by Gasteiger charge is -2.10. The zero-order valence-electron chi connectivity index (χ0n) is 12.1. The van der Waals surface area contributed by atoms with Crippen molar-refractivity contribution in [2.24, 2.45) is 0 Å². The van der Waals surface area contributed by atoms with Gasteiger partial charge in [-0.15, -0.1) is 5.10 Å². The summed E-state index contributed by atoms with van der Waals surface area (Å²) in [5, 5.41) is 10.7. The van der Waals surface area contributed by atoms with Crippen LogP contribution >= 0.6 is 27.7 Å². The topological polar surface area (TPSA) is 62.7 Å². The number of H-pyrrole nitrogens is 1. The van der Waals surface area contributed by atoms with Gasteiger partial charge in [0.1, 0.15) is 0 Å². The predicted octanol–water partition coefficient (Wildman–Crippen LogP) is 3.00. The van der Waals surface area contributed by atoms with Gasteiger partial charge in [0.25, 0.3) is 0 Å². The smallest absolute Gasteiger partial charge is 0.313 e. The van der Waals surface area contributed by atoms with Gasteiger partial charge in [0.05, 0.1) is 0 Å². The molecular weight excluding hydrogens is 352 g/mol. The highest BCUT2D eigenvalue weighted by Crippen LogP contribution is 2.31. The predicted molar refractivity (Wildman–Crippen MR) is 88.8 cm³/mol. The number of rotatable bonds is 7. The Hall–Kier alpha value is -1.05. The largest absolute Gasteiger partial charge is 0.343 e. The van der Waals surface area contributed by atoms with E-state index < -0.39 is 0 Å². The minimum absolute atomic E-state index is 0.150. The highest BCUT2D eigenvalue weighted by atomic mass is 79.9. The van der Waals surface area contributed by atoms with Gasteiger partial charge in [-0.25, -0.2) is 9.89 Å². The Morgan fingerprint density at radius 1 is 1.43 bits per heavy atom. The molecule has 0 spiro atoms. The molecule has 0 radical (unpaired) electrons. The fourth-order valence-electron chi connectivity index (χ4n) is 1.93. The van der Waals surface area contributed by atoms with Gasteiger partial charge in [-0.1, -0.05) is 35.8 Å². The second kappa shape index (κ2) is 7.82. The first-order valence-corrected chi connectivity index (χ1v) is 8.58. The van der Waals surface area contributed by atoms with Crippen molar-refractivity contribution >= 4 is 27.7 Å². The number of halogens is 1. The van der Waals surface area contributed by atoms with Crippen molar-refractivity contribution in [3.63, 3.8) is 0 Å². The van der Waals surface area contributed by atoms with Crippen molar-refractivity contribution < 1.29 is 0 Å². The Bertz CT molecular complexity index is 653. The third kappa shape index (κ3) is 4.21. The van der Waals surface area contributed by atoms with E-state index in [0.29, 0.717) is 11.7 Å². The SMILES string of the molecule is CCCn1c(Sc2cc(Br)ccc2CNCC)n[nH]c1=O. The molecule has 0 aliphatic rings. The van der Waals surface area contributed by atoms with Crippen molar-refractivity contribution in [3.8, 4) is 0 Å². The number of nitrogens with one attached hydrogen (secondary N) is 2. The zero-order valence-corrected chi connectivity index (χ0v) is 14.6. The van der Waals surface area contributed by atoms with Gasteiger partial charge in [-0.05, 0) is 42.4 Å². The van der Waals surface area contributed by atoms with Crippen molar-refractivity contribution in [1.29, 1.82) is 0 Å². The molecule has 0 amide bonds. The number of hydrogen-bond acceptors (Lipinski definition) is 4. The molecule has 1 aromatic carbocycles. The lowest BCUT2D eigenvalue weighted by Crippen LogP contribution is -2.17. The molecule has 0 unspecified atom stereocenters. The van der Waals surface area contributed by atoms with E-state index in [9.17, 15) is 4.79 Å². The number of aromatic amines is 1. The maximum Gasteiger partial charge on any atom is 0.343 e. The minimum Gasteiger partial charge on any atom is -0.313 e. The average molecular weight is 371 g/mol. The summed E-state index contributed by atoms with van der Waals surface area (Å²) >= 11 is 5.02. The first kappa shape index (κ1) is 16.3.